The van der Waals surface area contributed by atoms with Gasteiger partial charge in [-0.15, -0.1) is 0 Å². The molecule has 6 heteroatoms. The van der Waals surface area contributed by atoms with Crippen LogP contribution in [0.1, 0.15) is 30.0 Å². The normalized spacial score (nSPS) is 20.5. The van der Waals surface area contributed by atoms with E-state index in [0.29, 0.717) is 18.0 Å². The Morgan fingerprint density at radius 3 is 2.74 bits per heavy atom. The summed E-state index contributed by atoms with van der Waals surface area (Å²) >= 11 is 0. The SMILES string of the molecule is Cc1ccc(F)c(CC(C)C(=O)Nc2cccc(N3CCC(N4CC(O)C4)C3)c2)c1C. The number of rotatable bonds is 6. The fourth-order valence-corrected chi connectivity index (χ4v) is 4.60. The van der Waals surface area contributed by atoms with Crippen LogP contribution >= 0.6 is 0 Å². The van der Waals surface area contributed by atoms with Crippen LogP contribution in [-0.4, -0.2) is 54.2 Å². The molecule has 4 rings (SSSR count). The predicted octanol–water partition coefficient (Wildman–Crippen LogP) is 3.52. The minimum Gasteiger partial charge on any atom is -0.390 e. The van der Waals surface area contributed by atoms with E-state index in [-0.39, 0.29) is 23.7 Å². The number of carbonyl (C=O) groups excluding carboxylic acids is 1. The highest BCUT2D eigenvalue weighted by Crippen LogP contribution is 2.28. The number of anilines is 2. The number of nitrogens with one attached hydrogen (secondary N) is 1. The maximum atomic E-state index is 14.3. The largest absolute Gasteiger partial charge is 0.390 e. The molecule has 2 unspecified atom stereocenters. The molecule has 2 N–H and O–H groups in total. The number of hydrogen-bond donors (Lipinski definition) is 2. The van der Waals surface area contributed by atoms with Gasteiger partial charge in [-0.2, -0.15) is 0 Å². The van der Waals surface area contributed by atoms with E-state index < -0.39 is 0 Å². The van der Waals surface area contributed by atoms with Crippen molar-refractivity contribution in [2.75, 3.05) is 36.4 Å². The number of carbonyl (C=O) groups is 1. The molecular weight excluding hydrogens is 393 g/mol. The van der Waals surface area contributed by atoms with Crippen molar-refractivity contribution in [3.63, 3.8) is 0 Å². The topological polar surface area (TPSA) is 55.8 Å². The van der Waals surface area contributed by atoms with Gasteiger partial charge in [-0.3, -0.25) is 9.69 Å². The molecular formula is C25H32FN3O2. The third kappa shape index (κ3) is 4.75. The highest BCUT2D eigenvalue weighted by atomic mass is 19.1. The summed E-state index contributed by atoms with van der Waals surface area (Å²) in [4.78, 5) is 17.5. The molecule has 0 spiro atoms. The molecule has 0 radical (unpaired) electrons. The summed E-state index contributed by atoms with van der Waals surface area (Å²) in [5, 5.41) is 12.6. The number of nitrogens with zero attached hydrogens (tertiary/aromatic N) is 2. The van der Waals surface area contributed by atoms with Crippen molar-refractivity contribution >= 4 is 17.3 Å². The summed E-state index contributed by atoms with van der Waals surface area (Å²) in [6.45, 7) is 9.16. The lowest BCUT2D eigenvalue weighted by molar-refractivity contribution is -0.119. The van der Waals surface area contributed by atoms with Crippen LogP contribution in [0.5, 0.6) is 0 Å². The Kier molecular flexibility index (Phi) is 6.30. The van der Waals surface area contributed by atoms with Gasteiger partial charge in [0.05, 0.1) is 6.10 Å². The zero-order valence-corrected chi connectivity index (χ0v) is 18.6. The zero-order chi connectivity index (χ0) is 22.1. The molecule has 2 saturated heterocycles. The Hall–Kier alpha value is -2.44. The number of benzene rings is 2. The number of likely N-dealkylation sites (tertiary alicyclic amines) is 1. The maximum absolute atomic E-state index is 14.3. The number of aryl methyl sites for hydroxylation is 1. The van der Waals surface area contributed by atoms with Gasteiger partial charge in [-0.1, -0.05) is 19.1 Å². The first-order valence-electron chi connectivity index (χ1n) is 11.1. The van der Waals surface area contributed by atoms with E-state index in [9.17, 15) is 14.3 Å². The molecule has 2 aliphatic heterocycles. The maximum Gasteiger partial charge on any atom is 0.227 e. The standard InChI is InChI=1S/C25H32FN3O2/c1-16-7-8-24(26)23(18(16)3)11-17(2)25(31)27-19-5-4-6-20(12-19)28-10-9-21(13-28)29-14-22(30)15-29/h4-8,12,17,21-22,30H,9-11,13-15H2,1-3H3,(H,27,31). The predicted molar refractivity (Wildman–Crippen MR) is 122 cm³/mol. The van der Waals surface area contributed by atoms with Crippen molar-refractivity contribution in [3.05, 3.63) is 58.9 Å². The van der Waals surface area contributed by atoms with Crippen LogP contribution in [-0.2, 0) is 11.2 Å². The number of hydrogen-bond acceptors (Lipinski definition) is 4. The molecule has 1 amide bonds. The molecule has 5 nitrogen and oxygen atoms in total. The molecule has 166 valence electrons. The average Bonchev–Trinajstić information content (AvgIpc) is 3.21. The van der Waals surface area contributed by atoms with Gasteiger partial charge in [0.15, 0.2) is 0 Å². The number of aliphatic hydroxyl groups excluding tert-OH is 1. The van der Waals surface area contributed by atoms with E-state index in [4.69, 9.17) is 0 Å². The summed E-state index contributed by atoms with van der Waals surface area (Å²) in [5.74, 6) is -0.693. The molecule has 2 aromatic carbocycles. The Balaban J connectivity index is 1.37. The van der Waals surface area contributed by atoms with Crippen molar-refractivity contribution in [1.29, 1.82) is 0 Å². The molecule has 2 aromatic rings. The van der Waals surface area contributed by atoms with Gasteiger partial charge >= 0.3 is 0 Å². The van der Waals surface area contributed by atoms with Crippen LogP contribution in [0.4, 0.5) is 15.8 Å². The second kappa shape index (κ2) is 8.97. The molecule has 2 atom stereocenters. The van der Waals surface area contributed by atoms with Crippen molar-refractivity contribution in [2.45, 2.75) is 45.8 Å². The van der Waals surface area contributed by atoms with Gasteiger partial charge in [0, 0.05) is 49.5 Å². The van der Waals surface area contributed by atoms with Crippen molar-refractivity contribution in [2.24, 2.45) is 5.92 Å². The first kappa shape index (κ1) is 21.8. The number of β-amino-alcohol motifs (C(OH)–C–C–N with tert-alkyl or cyclic N) is 1. The van der Waals surface area contributed by atoms with Gasteiger partial charge in [-0.05, 0) is 67.6 Å². The van der Waals surface area contributed by atoms with Gasteiger partial charge in [0.25, 0.3) is 0 Å². The number of halogens is 1. The quantitative estimate of drug-likeness (QED) is 0.744. The van der Waals surface area contributed by atoms with Gasteiger partial charge < -0.3 is 15.3 Å². The lowest BCUT2D eigenvalue weighted by Crippen LogP contribution is -2.56. The second-order valence-electron chi connectivity index (χ2n) is 9.11. The van der Waals surface area contributed by atoms with E-state index >= 15 is 0 Å². The fraction of sp³-hybridized carbons (Fsp3) is 0.480. The summed E-state index contributed by atoms with van der Waals surface area (Å²) in [5.41, 5.74) is 4.43. The zero-order valence-electron chi connectivity index (χ0n) is 18.6. The Bertz CT molecular complexity index is 958. The Morgan fingerprint density at radius 1 is 1.23 bits per heavy atom. The van der Waals surface area contributed by atoms with E-state index in [2.05, 4.69) is 21.2 Å². The van der Waals surface area contributed by atoms with E-state index in [0.717, 1.165) is 55.1 Å². The summed E-state index contributed by atoms with van der Waals surface area (Å²) in [6, 6.07) is 11.7. The van der Waals surface area contributed by atoms with Crippen LogP contribution < -0.4 is 10.2 Å². The minimum absolute atomic E-state index is 0.105. The van der Waals surface area contributed by atoms with Crippen LogP contribution in [0, 0.1) is 25.6 Å². The number of amides is 1. The molecule has 0 saturated carbocycles. The molecule has 31 heavy (non-hydrogen) atoms. The molecule has 0 aromatic heterocycles. The smallest absolute Gasteiger partial charge is 0.227 e. The number of aliphatic hydroxyl groups is 1. The summed E-state index contributed by atoms with van der Waals surface area (Å²) < 4.78 is 14.3. The monoisotopic (exact) mass is 425 g/mol. The molecule has 0 aliphatic carbocycles. The first-order valence-corrected chi connectivity index (χ1v) is 11.1. The van der Waals surface area contributed by atoms with Crippen LogP contribution in [0.25, 0.3) is 0 Å². The van der Waals surface area contributed by atoms with Crippen LogP contribution in [0.2, 0.25) is 0 Å². The first-order chi connectivity index (χ1) is 14.8. The Morgan fingerprint density at radius 2 is 2.00 bits per heavy atom. The minimum atomic E-state index is -0.340. The summed E-state index contributed by atoms with van der Waals surface area (Å²) in [6.07, 6.45) is 1.29. The van der Waals surface area contributed by atoms with Crippen molar-refractivity contribution in [3.8, 4) is 0 Å². The molecule has 0 bridgehead atoms. The second-order valence-corrected chi connectivity index (χ2v) is 9.11. The average molecular weight is 426 g/mol. The molecule has 2 fully saturated rings. The third-order valence-corrected chi connectivity index (χ3v) is 6.82. The lowest BCUT2D eigenvalue weighted by Gasteiger charge is -2.40. The Labute approximate surface area is 183 Å². The van der Waals surface area contributed by atoms with E-state index in [1.165, 1.54) is 6.07 Å². The van der Waals surface area contributed by atoms with Crippen LogP contribution in [0.3, 0.4) is 0 Å². The highest BCUT2D eigenvalue weighted by molar-refractivity contribution is 5.93. The van der Waals surface area contributed by atoms with Gasteiger partial charge in [0.2, 0.25) is 5.91 Å². The van der Waals surface area contributed by atoms with E-state index in [1.807, 2.05) is 39.0 Å². The third-order valence-electron chi connectivity index (χ3n) is 6.82. The highest BCUT2D eigenvalue weighted by Gasteiger charge is 2.35. The van der Waals surface area contributed by atoms with E-state index in [1.54, 1.807) is 6.07 Å². The van der Waals surface area contributed by atoms with Crippen LogP contribution in [0.15, 0.2) is 36.4 Å². The lowest BCUT2D eigenvalue weighted by atomic mass is 9.94. The van der Waals surface area contributed by atoms with Crippen molar-refractivity contribution < 1.29 is 14.3 Å². The van der Waals surface area contributed by atoms with Gasteiger partial charge in [-0.25, -0.2) is 4.39 Å². The summed E-state index contributed by atoms with van der Waals surface area (Å²) in [7, 11) is 0. The molecule has 2 heterocycles. The molecule has 2 aliphatic rings. The van der Waals surface area contributed by atoms with Gasteiger partial charge in [0.1, 0.15) is 5.82 Å². The van der Waals surface area contributed by atoms with Crippen molar-refractivity contribution in [1.82, 2.24) is 4.90 Å². The fourth-order valence-electron chi connectivity index (χ4n) is 4.60.